The van der Waals surface area contributed by atoms with E-state index in [1.165, 1.54) is 10.8 Å². The van der Waals surface area contributed by atoms with Crippen molar-refractivity contribution >= 4 is 76.3 Å². The highest BCUT2D eigenvalue weighted by Gasteiger charge is 2.26. The topological polar surface area (TPSA) is 61.7 Å². The van der Waals surface area contributed by atoms with Gasteiger partial charge in [0.05, 0.1) is 33.3 Å². The number of para-hydroxylation sites is 4. The fraction of sp³-hybridized carbons (Fsp3) is 0. The van der Waals surface area contributed by atoms with E-state index in [2.05, 4.69) is 215 Å². The molecule has 10 aromatic carbocycles. The Morgan fingerprint density at radius 1 is 0.343 bits per heavy atom. The van der Waals surface area contributed by atoms with E-state index < -0.39 is 0 Å². The summed E-state index contributed by atoms with van der Waals surface area (Å²) in [5, 5.41) is 8.89. The summed E-state index contributed by atoms with van der Waals surface area (Å²) in [5.41, 5.74) is 12.6. The van der Waals surface area contributed by atoms with Gasteiger partial charge in [0.25, 0.3) is 0 Å². The van der Waals surface area contributed by atoms with Crippen LogP contribution in [-0.4, -0.2) is 24.1 Å². The summed E-state index contributed by atoms with van der Waals surface area (Å²) < 4.78 is 11.7. The maximum atomic E-state index is 7.00. The van der Waals surface area contributed by atoms with E-state index in [0.29, 0.717) is 23.1 Å². The Bertz CT molecular complexity index is 4280. The summed E-state index contributed by atoms with van der Waals surface area (Å²) in [5.74, 6) is 1.65. The zero-order valence-electron chi connectivity index (χ0n) is 36.0. The third kappa shape index (κ3) is 5.80. The molecule has 0 fully saturated rings. The van der Waals surface area contributed by atoms with Gasteiger partial charge >= 0.3 is 0 Å². The molecule has 67 heavy (non-hydrogen) atoms. The SMILES string of the molecule is c1ccc(-c2cccc(-c3nc(-c4c(-n5c6ccccc6c6cc7ccccc7cc65)ccc5c4oc4ccccc45)nc(-c4cccc5c4c4ccccc4n5-c4ccccc4)n3)c2)cc1. The largest absolute Gasteiger partial charge is 0.455 e. The fourth-order valence-electron chi connectivity index (χ4n) is 10.4. The first-order valence-electron chi connectivity index (χ1n) is 22.6. The number of aromatic nitrogens is 5. The highest BCUT2D eigenvalue weighted by molar-refractivity contribution is 6.17. The molecule has 0 aliphatic heterocycles. The van der Waals surface area contributed by atoms with Crippen molar-refractivity contribution in [1.82, 2.24) is 24.1 Å². The van der Waals surface area contributed by atoms with Crippen molar-refractivity contribution in [3.63, 3.8) is 0 Å². The molecule has 6 nitrogen and oxygen atoms in total. The van der Waals surface area contributed by atoms with Crippen LogP contribution in [0.5, 0.6) is 0 Å². The van der Waals surface area contributed by atoms with Crippen LogP contribution in [0.15, 0.2) is 229 Å². The minimum atomic E-state index is 0.514. The number of rotatable bonds is 6. The van der Waals surface area contributed by atoms with Crippen molar-refractivity contribution in [1.29, 1.82) is 0 Å². The van der Waals surface area contributed by atoms with Crippen LogP contribution in [0.3, 0.4) is 0 Å². The minimum Gasteiger partial charge on any atom is -0.455 e. The maximum absolute atomic E-state index is 7.00. The number of furan rings is 1. The number of benzene rings is 10. The van der Waals surface area contributed by atoms with E-state index in [0.717, 1.165) is 99.2 Å². The van der Waals surface area contributed by atoms with Crippen LogP contribution >= 0.6 is 0 Å². The summed E-state index contributed by atoms with van der Waals surface area (Å²) in [4.78, 5) is 16.6. The zero-order chi connectivity index (χ0) is 44.0. The van der Waals surface area contributed by atoms with Gasteiger partial charge in [0.15, 0.2) is 17.5 Å². The Kier molecular flexibility index (Phi) is 8.18. The number of hydrogen-bond donors (Lipinski definition) is 0. The smallest absolute Gasteiger partial charge is 0.170 e. The quantitative estimate of drug-likeness (QED) is 0.167. The molecule has 0 saturated heterocycles. The first kappa shape index (κ1) is 37.3. The van der Waals surface area contributed by atoms with Gasteiger partial charge in [-0.1, -0.05) is 158 Å². The molecule has 14 aromatic rings. The van der Waals surface area contributed by atoms with Crippen molar-refractivity contribution < 1.29 is 4.42 Å². The third-order valence-electron chi connectivity index (χ3n) is 13.3. The fourth-order valence-corrected chi connectivity index (χ4v) is 10.4. The van der Waals surface area contributed by atoms with Gasteiger partial charge in [-0.2, -0.15) is 0 Å². The molecule has 0 amide bonds. The lowest BCUT2D eigenvalue weighted by molar-refractivity contribution is 0.669. The lowest BCUT2D eigenvalue weighted by Gasteiger charge is -2.16. The predicted octanol–water partition coefficient (Wildman–Crippen LogP) is 15.8. The van der Waals surface area contributed by atoms with Gasteiger partial charge in [0, 0.05) is 49.1 Å². The molecule has 0 saturated carbocycles. The Hall–Kier alpha value is -9.13. The summed E-state index contributed by atoms with van der Waals surface area (Å²) >= 11 is 0. The standard InChI is InChI=1S/C61H37N5O/c1-3-17-38(18-4-1)39-21-15-22-42(35-39)59-62-60(48-28-16-31-52-56(48)47-27-10-13-30-51(47)65(52)43-23-5-2-6-24-43)64-61(63-59)57-53(34-33-46-45-26-11-14-32-55(45)67-58(46)57)66-50-29-12-9-25-44(50)49-36-40-19-7-8-20-41(40)37-54(49)66/h1-37H. The third-order valence-corrected chi connectivity index (χ3v) is 13.3. The Morgan fingerprint density at radius 3 is 1.79 bits per heavy atom. The highest BCUT2D eigenvalue weighted by atomic mass is 16.3. The van der Waals surface area contributed by atoms with Crippen LogP contribution < -0.4 is 0 Å². The predicted molar refractivity (Wildman–Crippen MR) is 275 cm³/mol. The molecular formula is C61H37N5O. The Morgan fingerprint density at radius 2 is 0.955 bits per heavy atom. The molecule has 0 unspecified atom stereocenters. The second-order valence-electron chi connectivity index (χ2n) is 17.1. The van der Waals surface area contributed by atoms with E-state index in [1.807, 2.05) is 18.2 Å². The highest BCUT2D eigenvalue weighted by Crippen LogP contribution is 2.44. The summed E-state index contributed by atoms with van der Waals surface area (Å²) in [7, 11) is 0. The number of nitrogens with zero attached hydrogens (tertiary/aromatic N) is 5. The molecule has 312 valence electrons. The van der Waals surface area contributed by atoms with E-state index in [4.69, 9.17) is 19.4 Å². The Labute approximate surface area is 384 Å². The summed E-state index contributed by atoms with van der Waals surface area (Å²) in [6, 6.07) is 79.1. The average Bonchev–Trinajstić information content (AvgIpc) is 4.05. The van der Waals surface area contributed by atoms with Crippen molar-refractivity contribution in [2.75, 3.05) is 0 Å². The van der Waals surface area contributed by atoms with E-state index in [9.17, 15) is 0 Å². The van der Waals surface area contributed by atoms with E-state index in [1.54, 1.807) is 0 Å². The van der Waals surface area contributed by atoms with Gasteiger partial charge in [0.2, 0.25) is 0 Å². The second kappa shape index (κ2) is 14.7. The molecule has 0 spiro atoms. The van der Waals surface area contributed by atoms with Crippen molar-refractivity contribution in [2.24, 2.45) is 0 Å². The molecule has 0 radical (unpaired) electrons. The molecule has 0 bridgehead atoms. The minimum absolute atomic E-state index is 0.514. The molecule has 0 atom stereocenters. The monoisotopic (exact) mass is 855 g/mol. The lowest BCUT2D eigenvalue weighted by atomic mass is 10.0. The molecule has 4 heterocycles. The van der Waals surface area contributed by atoms with Crippen LogP contribution in [0.2, 0.25) is 0 Å². The van der Waals surface area contributed by atoms with Crippen LogP contribution in [0, 0.1) is 0 Å². The van der Waals surface area contributed by atoms with E-state index >= 15 is 0 Å². The normalized spacial score (nSPS) is 11.9. The van der Waals surface area contributed by atoms with Gasteiger partial charge in [-0.3, -0.25) is 0 Å². The van der Waals surface area contributed by atoms with Crippen molar-refractivity contribution in [3.05, 3.63) is 224 Å². The van der Waals surface area contributed by atoms with Crippen LogP contribution in [0.4, 0.5) is 0 Å². The first-order valence-corrected chi connectivity index (χ1v) is 22.6. The molecule has 6 heteroatoms. The molecule has 0 N–H and O–H groups in total. The van der Waals surface area contributed by atoms with Crippen LogP contribution in [0.1, 0.15) is 0 Å². The average molecular weight is 856 g/mol. The number of fused-ring (bicyclic) bond motifs is 10. The number of hydrogen-bond acceptors (Lipinski definition) is 4. The molecule has 0 aliphatic rings. The van der Waals surface area contributed by atoms with Gasteiger partial charge in [0.1, 0.15) is 11.2 Å². The van der Waals surface area contributed by atoms with Gasteiger partial charge in [-0.15, -0.1) is 0 Å². The molecular weight excluding hydrogens is 819 g/mol. The summed E-state index contributed by atoms with van der Waals surface area (Å²) in [6.07, 6.45) is 0. The van der Waals surface area contributed by atoms with Gasteiger partial charge in [-0.25, -0.2) is 15.0 Å². The maximum Gasteiger partial charge on any atom is 0.170 e. The van der Waals surface area contributed by atoms with Crippen LogP contribution in [-0.2, 0) is 0 Å². The lowest BCUT2D eigenvalue weighted by Crippen LogP contribution is -2.04. The molecule has 14 rings (SSSR count). The second-order valence-corrected chi connectivity index (χ2v) is 17.1. The first-order chi connectivity index (χ1) is 33.2. The van der Waals surface area contributed by atoms with Crippen LogP contribution in [0.25, 0.3) is 133 Å². The van der Waals surface area contributed by atoms with E-state index in [-0.39, 0.29) is 0 Å². The van der Waals surface area contributed by atoms with Crippen molar-refractivity contribution in [3.8, 4) is 56.7 Å². The summed E-state index contributed by atoms with van der Waals surface area (Å²) in [6.45, 7) is 0. The zero-order valence-corrected chi connectivity index (χ0v) is 36.0. The van der Waals surface area contributed by atoms with Crippen molar-refractivity contribution in [2.45, 2.75) is 0 Å². The molecule has 0 aliphatic carbocycles. The Balaban J connectivity index is 1.11. The van der Waals surface area contributed by atoms with Gasteiger partial charge in [-0.05, 0) is 88.6 Å². The molecule has 4 aromatic heterocycles. The van der Waals surface area contributed by atoms with Gasteiger partial charge < -0.3 is 13.6 Å².